The normalized spacial score (nSPS) is 17.9. The van der Waals surface area contributed by atoms with E-state index in [-0.39, 0.29) is 17.3 Å². The van der Waals surface area contributed by atoms with Crippen LogP contribution in [0.25, 0.3) is 5.69 Å². The van der Waals surface area contributed by atoms with Crippen molar-refractivity contribution in [2.75, 3.05) is 11.5 Å². The molecule has 0 spiro atoms. The van der Waals surface area contributed by atoms with Gasteiger partial charge in [-0.15, -0.1) is 0 Å². The van der Waals surface area contributed by atoms with Crippen molar-refractivity contribution in [3.05, 3.63) is 77.6 Å². The van der Waals surface area contributed by atoms with Gasteiger partial charge < -0.3 is 15.0 Å². The van der Waals surface area contributed by atoms with Gasteiger partial charge in [0, 0.05) is 17.4 Å². The molecule has 0 unspecified atom stereocenters. The summed E-state index contributed by atoms with van der Waals surface area (Å²) in [4.78, 5) is 27.4. The summed E-state index contributed by atoms with van der Waals surface area (Å²) in [6.45, 7) is 3.81. The zero-order chi connectivity index (χ0) is 23.5. The molecule has 1 N–H and O–H groups in total. The third-order valence-electron chi connectivity index (χ3n) is 5.22. The third kappa shape index (κ3) is 4.21. The van der Waals surface area contributed by atoms with Gasteiger partial charge in [-0.1, -0.05) is 42.5 Å². The molecule has 8 nitrogen and oxygen atoms in total. The quantitative estimate of drug-likeness (QED) is 0.461. The van der Waals surface area contributed by atoms with Crippen molar-refractivity contribution in [3.8, 4) is 11.8 Å². The summed E-state index contributed by atoms with van der Waals surface area (Å²) in [5.41, 5.74) is 2.86. The molecule has 33 heavy (non-hydrogen) atoms. The topological polar surface area (TPSA) is 100 Å². The molecule has 2 atom stereocenters. The number of hydrogen-bond acceptors (Lipinski definition) is 6. The summed E-state index contributed by atoms with van der Waals surface area (Å²) in [5, 5.41) is 16.9. The predicted molar refractivity (Wildman–Crippen MR) is 126 cm³/mol. The maximum absolute atomic E-state index is 12.8. The Balaban J connectivity index is 1.89. The lowest BCUT2D eigenvalue weighted by Gasteiger charge is -2.39. The molecule has 9 heteroatoms. The number of rotatable bonds is 5. The molecule has 0 radical (unpaired) electrons. The first-order valence-electron chi connectivity index (χ1n) is 10.4. The lowest BCUT2D eigenvalue weighted by Crippen LogP contribution is -2.56. The number of carbonyl (C=O) groups is 2. The Morgan fingerprint density at radius 1 is 1.21 bits per heavy atom. The van der Waals surface area contributed by atoms with Gasteiger partial charge in [-0.2, -0.15) is 10.4 Å². The second kappa shape index (κ2) is 9.22. The van der Waals surface area contributed by atoms with Gasteiger partial charge in [0.2, 0.25) is 5.91 Å². The van der Waals surface area contributed by atoms with Crippen LogP contribution in [-0.2, 0) is 9.53 Å². The van der Waals surface area contributed by atoms with Gasteiger partial charge in [-0.25, -0.2) is 9.48 Å². The second-order valence-electron chi connectivity index (χ2n) is 7.45. The number of nitriles is 1. The van der Waals surface area contributed by atoms with Crippen molar-refractivity contribution in [2.24, 2.45) is 5.92 Å². The fourth-order valence-corrected chi connectivity index (χ4v) is 4.07. The van der Waals surface area contributed by atoms with Crippen LogP contribution < -0.4 is 10.2 Å². The summed E-state index contributed by atoms with van der Waals surface area (Å²) in [6.07, 6.45) is 0.818. The number of nitrogens with zero attached hydrogens (tertiary/aromatic N) is 4. The number of hydrogen-bond donors (Lipinski definition) is 1. The van der Waals surface area contributed by atoms with Crippen molar-refractivity contribution in [3.63, 3.8) is 0 Å². The molecule has 1 fully saturated rings. The first-order valence-corrected chi connectivity index (χ1v) is 10.8. The van der Waals surface area contributed by atoms with E-state index in [1.54, 1.807) is 22.7 Å². The number of para-hydroxylation sites is 1. The maximum atomic E-state index is 12.8. The molecule has 1 aliphatic rings. The van der Waals surface area contributed by atoms with Gasteiger partial charge in [0.1, 0.15) is 11.2 Å². The Hall–Kier alpha value is -4.03. The first kappa shape index (κ1) is 22.2. The van der Waals surface area contributed by atoms with Crippen LogP contribution in [0.4, 0.5) is 5.69 Å². The fraction of sp³-hybridized carbons (Fsp3) is 0.208. The van der Waals surface area contributed by atoms with Crippen LogP contribution in [0, 0.1) is 24.2 Å². The SMILES string of the molecule is CCOC(=O)c1nn(-c2ccccc2)cc1[C@H]1NC(=O)[C@H](C#N)C(=S)N1c1cccc(C)c1. The Labute approximate surface area is 196 Å². The van der Waals surface area contributed by atoms with E-state index in [1.165, 1.54) is 0 Å². The van der Waals surface area contributed by atoms with Gasteiger partial charge in [0.05, 0.1) is 18.4 Å². The largest absolute Gasteiger partial charge is 0.461 e. The number of nitrogens with one attached hydrogen (secondary N) is 1. The average molecular weight is 460 g/mol. The smallest absolute Gasteiger partial charge is 0.359 e. The molecule has 4 rings (SSSR count). The van der Waals surface area contributed by atoms with E-state index in [4.69, 9.17) is 17.0 Å². The number of aryl methyl sites for hydroxylation is 1. The molecule has 1 amide bonds. The zero-order valence-electron chi connectivity index (χ0n) is 18.1. The lowest BCUT2D eigenvalue weighted by molar-refractivity contribution is -0.123. The van der Waals surface area contributed by atoms with Crippen LogP contribution in [0.2, 0.25) is 0 Å². The third-order valence-corrected chi connectivity index (χ3v) is 5.65. The number of aromatic nitrogens is 2. The highest BCUT2D eigenvalue weighted by atomic mass is 32.1. The number of anilines is 1. The van der Waals surface area contributed by atoms with Crippen LogP contribution in [0.5, 0.6) is 0 Å². The van der Waals surface area contributed by atoms with E-state index >= 15 is 0 Å². The molecule has 1 aromatic heterocycles. The molecule has 0 aliphatic carbocycles. The highest BCUT2D eigenvalue weighted by Crippen LogP contribution is 2.34. The Morgan fingerprint density at radius 3 is 2.61 bits per heavy atom. The monoisotopic (exact) mass is 459 g/mol. The second-order valence-corrected chi connectivity index (χ2v) is 7.87. The summed E-state index contributed by atoms with van der Waals surface area (Å²) >= 11 is 5.59. The molecule has 2 aromatic carbocycles. The minimum Gasteiger partial charge on any atom is -0.461 e. The molecule has 1 aliphatic heterocycles. The molecule has 1 saturated heterocycles. The number of esters is 1. The molecule has 166 valence electrons. The van der Waals surface area contributed by atoms with Crippen LogP contribution in [0.1, 0.15) is 34.7 Å². The number of benzene rings is 2. The van der Waals surface area contributed by atoms with E-state index in [1.807, 2.05) is 67.6 Å². The van der Waals surface area contributed by atoms with Crippen molar-refractivity contribution in [2.45, 2.75) is 20.0 Å². The fourth-order valence-electron chi connectivity index (χ4n) is 3.70. The summed E-state index contributed by atoms with van der Waals surface area (Å²) in [7, 11) is 0. The summed E-state index contributed by atoms with van der Waals surface area (Å²) in [6, 6.07) is 18.8. The van der Waals surface area contributed by atoms with Crippen molar-refractivity contribution < 1.29 is 14.3 Å². The molecule has 3 aromatic rings. The van der Waals surface area contributed by atoms with Gasteiger partial charge in [-0.3, -0.25) is 4.79 Å². The number of amides is 1. The van der Waals surface area contributed by atoms with Gasteiger partial charge in [0.25, 0.3) is 0 Å². The highest BCUT2D eigenvalue weighted by molar-refractivity contribution is 7.80. The number of ether oxygens (including phenoxy) is 1. The Kier molecular flexibility index (Phi) is 6.20. The number of carbonyl (C=O) groups excluding carboxylic acids is 2. The van der Waals surface area contributed by atoms with Crippen LogP contribution >= 0.6 is 12.2 Å². The summed E-state index contributed by atoms with van der Waals surface area (Å²) < 4.78 is 6.79. The van der Waals surface area contributed by atoms with Gasteiger partial charge in [-0.05, 0) is 43.7 Å². The number of thiocarbonyl (C=S) groups is 1. The minimum absolute atomic E-state index is 0.0573. The first-order chi connectivity index (χ1) is 15.9. The van der Waals surface area contributed by atoms with E-state index in [9.17, 15) is 14.9 Å². The van der Waals surface area contributed by atoms with E-state index < -0.39 is 24.0 Å². The maximum Gasteiger partial charge on any atom is 0.359 e. The summed E-state index contributed by atoms with van der Waals surface area (Å²) in [5.74, 6) is -2.28. The Bertz CT molecular complexity index is 1260. The molecule has 2 heterocycles. The van der Waals surface area contributed by atoms with Crippen molar-refractivity contribution >= 4 is 34.8 Å². The molecule has 0 saturated carbocycles. The van der Waals surface area contributed by atoms with E-state index in [2.05, 4.69) is 10.4 Å². The van der Waals surface area contributed by atoms with E-state index in [0.717, 1.165) is 11.3 Å². The molecular weight excluding hydrogens is 438 g/mol. The van der Waals surface area contributed by atoms with Crippen LogP contribution in [0.15, 0.2) is 60.8 Å². The average Bonchev–Trinajstić information content (AvgIpc) is 3.25. The van der Waals surface area contributed by atoms with E-state index in [0.29, 0.717) is 11.3 Å². The van der Waals surface area contributed by atoms with Gasteiger partial charge in [0.15, 0.2) is 11.6 Å². The van der Waals surface area contributed by atoms with Crippen LogP contribution in [0.3, 0.4) is 0 Å². The molecule has 0 bridgehead atoms. The lowest BCUT2D eigenvalue weighted by atomic mass is 10.0. The van der Waals surface area contributed by atoms with Crippen LogP contribution in [-0.4, -0.2) is 33.3 Å². The van der Waals surface area contributed by atoms with Crippen molar-refractivity contribution in [1.82, 2.24) is 15.1 Å². The standard InChI is InChI=1S/C24H21N5O3S/c1-3-32-24(31)20-19(14-28(27-20)16-9-5-4-6-10-16)21-26-22(30)18(13-25)23(33)29(21)17-11-7-8-15(2)12-17/h4-12,14,18,21H,3H2,1-2H3,(H,26,30)/t18-,21-/m0/s1. The highest BCUT2D eigenvalue weighted by Gasteiger charge is 2.42. The van der Waals surface area contributed by atoms with Crippen molar-refractivity contribution in [1.29, 1.82) is 5.26 Å². The minimum atomic E-state index is -1.13. The Morgan fingerprint density at radius 2 is 1.94 bits per heavy atom. The molecular formula is C24H21N5O3S. The zero-order valence-corrected chi connectivity index (χ0v) is 18.9. The predicted octanol–water partition coefficient (Wildman–Crippen LogP) is 3.46. The van der Waals surface area contributed by atoms with Gasteiger partial charge >= 0.3 is 5.97 Å².